The van der Waals surface area contributed by atoms with Crippen LogP contribution >= 0.6 is 11.5 Å². The molecule has 112 valence electrons. The Hall–Kier alpha value is -1.21. The van der Waals surface area contributed by atoms with Gasteiger partial charge in [-0.25, -0.2) is 4.98 Å². The molecule has 0 aromatic carbocycles. The minimum Gasteiger partial charge on any atom is -0.345 e. The Morgan fingerprint density at radius 1 is 1.40 bits per heavy atom. The first kappa shape index (κ1) is 15.2. The Bertz CT molecular complexity index is 450. The molecule has 1 aromatic rings. The molecule has 0 spiro atoms. The summed E-state index contributed by atoms with van der Waals surface area (Å²) in [6, 6.07) is 0. The van der Waals surface area contributed by atoms with Crippen molar-refractivity contribution in [3.63, 3.8) is 0 Å². The van der Waals surface area contributed by atoms with Crippen LogP contribution in [0.15, 0.2) is 0 Å². The van der Waals surface area contributed by atoms with E-state index in [1.165, 1.54) is 11.5 Å². The minimum atomic E-state index is -0.0882. The van der Waals surface area contributed by atoms with Gasteiger partial charge in [0.25, 0.3) is 0 Å². The number of nitrogens with two attached hydrogens (primary N) is 1. The summed E-state index contributed by atoms with van der Waals surface area (Å²) in [5, 5.41) is 0.975. The van der Waals surface area contributed by atoms with E-state index in [1.54, 1.807) is 0 Å². The zero-order chi connectivity index (χ0) is 14.5. The van der Waals surface area contributed by atoms with E-state index < -0.39 is 0 Å². The number of hydrogen-bond donors (Lipinski definition) is 1. The summed E-state index contributed by atoms with van der Waals surface area (Å²) in [6.45, 7) is 7.66. The van der Waals surface area contributed by atoms with Crippen LogP contribution < -0.4 is 10.6 Å². The molecule has 2 N–H and O–H groups in total. The highest BCUT2D eigenvalue weighted by Gasteiger charge is 2.23. The fraction of sp³-hybridized carbons (Fsp3) is 0.769. The number of aryl methyl sites for hydroxylation is 1. The van der Waals surface area contributed by atoms with Crippen LogP contribution in [0.5, 0.6) is 0 Å². The lowest BCUT2D eigenvalue weighted by Gasteiger charge is -2.24. The number of aromatic nitrogens is 2. The van der Waals surface area contributed by atoms with E-state index in [4.69, 9.17) is 5.73 Å². The number of amides is 1. The molecule has 1 unspecified atom stereocenters. The first-order valence-corrected chi connectivity index (χ1v) is 7.99. The molecule has 20 heavy (non-hydrogen) atoms. The maximum absolute atomic E-state index is 12.2. The monoisotopic (exact) mass is 297 g/mol. The molecule has 0 saturated carbocycles. The lowest BCUT2D eigenvalue weighted by molar-refractivity contribution is -0.134. The van der Waals surface area contributed by atoms with Crippen molar-refractivity contribution in [1.82, 2.24) is 14.3 Å². The van der Waals surface area contributed by atoms with E-state index in [1.807, 2.05) is 11.8 Å². The number of carbonyl (C=O) groups is 1. The smallest absolute Gasteiger partial charge is 0.226 e. The molecule has 6 nitrogen and oxygen atoms in total. The first-order chi connectivity index (χ1) is 9.65. The summed E-state index contributed by atoms with van der Waals surface area (Å²) < 4.78 is 4.33. The molecule has 1 aliphatic heterocycles. The predicted octanol–water partition coefficient (Wildman–Crippen LogP) is 0.734. The van der Waals surface area contributed by atoms with Crippen molar-refractivity contribution in [3.05, 3.63) is 5.82 Å². The van der Waals surface area contributed by atoms with Gasteiger partial charge in [-0.15, -0.1) is 0 Å². The van der Waals surface area contributed by atoms with Gasteiger partial charge < -0.3 is 15.5 Å². The fourth-order valence-corrected chi connectivity index (χ4v) is 3.06. The molecule has 2 heterocycles. The molecule has 1 saturated heterocycles. The van der Waals surface area contributed by atoms with Crippen LogP contribution in [0.25, 0.3) is 0 Å². The van der Waals surface area contributed by atoms with Crippen LogP contribution in [-0.2, 0) is 11.2 Å². The van der Waals surface area contributed by atoms with Crippen LogP contribution in [0.2, 0.25) is 0 Å². The van der Waals surface area contributed by atoms with Gasteiger partial charge in [0.05, 0.1) is 0 Å². The van der Waals surface area contributed by atoms with E-state index in [9.17, 15) is 4.79 Å². The highest BCUT2D eigenvalue weighted by molar-refractivity contribution is 7.09. The van der Waals surface area contributed by atoms with E-state index in [0.29, 0.717) is 6.54 Å². The Morgan fingerprint density at radius 3 is 2.85 bits per heavy atom. The molecule has 1 atom stereocenters. The molecule has 0 bridgehead atoms. The average Bonchev–Trinajstić information content (AvgIpc) is 2.82. The maximum atomic E-state index is 12.2. The third-order valence-corrected chi connectivity index (χ3v) is 4.44. The lowest BCUT2D eigenvalue weighted by Crippen LogP contribution is -2.40. The van der Waals surface area contributed by atoms with Gasteiger partial charge >= 0.3 is 0 Å². The van der Waals surface area contributed by atoms with Gasteiger partial charge in [0.15, 0.2) is 0 Å². The van der Waals surface area contributed by atoms with Crippen molar-refractivity contribution < 1.29 is 4.79 Å². The van der Waals surface area contributed by atoms with Crippen molar-refractivity contribution in [1.29, 1.82) is 0 Å². The molecule has 2 rings (SSSR count). The van der Waals surface area contributed by atoms with Crippen LogP contribution in [0.3, 0.4) is 0 Å². The molecular formula is C13H23N5OS. The van der Waals surface area contributed by atoms with Crippen LogP contribution in [-0.4, -0.2) is 52.9 Å². The minimum absolute atomic E-state index is 0.0882. The van der Waals surface area contributed by atoms with Crippen molar-refractivity contribution in [3.8, 4) is 0 Å². The van der Waals surface area contributed by atoms with Crippen LogP contribution in [0.1, 0.15) is 26.1 Å². The second kappa shape index (κ2) is 6.99. The summed E-state index contributed by atoms with van der Waals surface area (Å²) in [7, 11) is 0. The third kappa shape index (κ3) is 3.46. The zero-order valence-electron chi connectivity index (χ0n) is 12.2. The van der Waals surface area contributed by atoms with Crippen LogP contribution in [0.4, 0.5) is 5.13 Å². The standard InChI is InChI=1S/C13H23N5OS/c1-3-11-15-13(20-16-11)18-6-4-5-17(7-8-18)12(19)10(2)9-14/h10H,3-9,14H2,1-2H3. The predicted molar refractivity (Wildman–Crippen MR) is 80.9 cm³/mol. The van der Waals surface area contributed by atoms with E-state index in [-0.39, 0.29) is 11.8 Å². The van der Waals surface area contributed by atoms with E-state index >= 15 is 0 Å². The topological polar surface area (TPSA) is 75.4 Å². The summed E-state index contributed by atoms with van der Waals surface area (Å²) in [6.07, 6.45) is 1.83. The lowest BCUT2D eigenvalue weighted by atomic mass is 10.1. The normalized spacial score (nSPS) is 17.9. The van der Waals surface area contributed by atoms with Gasteiger partial charge in [-0.3, -0.25) is 4.79 Å². The molecule has 0 radical (unpaired) electrons. The summed E-state index contributed by atoms with van der Waals surface area (Å²) in [5.74, 6) is 0.981. The number of nitrogens with zero attached hydrogens (tertiary/aromatic N) is 4. The van der Waals surface area contributed by atoms with Crippen molar-refractivity contribution in [2.45, 2.75) is 26.7 Å². The van der Waals surface area contributed by atoms with Crippen molar-refractivity contribution in [2.24, 2.45) is 11.7 Å². The van der Waals surface area contributed by atoms with E-state index in [0.717, 1.165) is 50.0 Å². The molecule has 1 fully saturated rings. The van der Waals surface area contributed by atoms with Gasteiger partial charge in [-0.2, -0.15) is 4.37 Å². The van der Waals surface area contributed by atoms with Crippen LogP contribution in [0, 0.1) is 5.92 Å². The van der Waals surface area contributed by atoms with Gasteiger partial charge in [-0.1, -0.05) is 13.8 Å². The molecular weight excluding hydrogens is 274 g/mol. The molecule has 0 aliphatic carbocycles. The number of hydrogen-bond acceptors (Lipinski definition) is 6. The molecule has 1 amide bonds. The molecule has 1 aromatic heterocycles. The van der Waals surface area contributed by atoms with Gasteiger partial charge in [0.1, 0.15) is 5.82 Å². The van der Waals surface area contributed by atoms with Gasteiger partial charge in [0, 0.05) is 56.6 Å². The number of anilines is 1. The quantitative estimate of drug-likeness (QED) is 0.887. The molecule has 1 aliphatic rings. The third-order valence-electron chi connectivity index (χ3n) is 3.63. The highest BCUT2D eigenvalue weighted by Crippen LogP contribution is 2.19. The van der Waals surface area contributed by atoms with Gasteiger partial charge in [-0.05, 0) is 6.42 Å². The fourth-order valence-electron chi connectivity index (χ4n) is 2.26. The second-order valence-corrected chi connectivity index (χ2v) is 5.88. The maximum Gasteiger partial charge on any atom is 0.226 e. The Kier molecular flexibility index (Phi) is 5.31. The van der Waals surface area contributed by atoms with E-state index in [2.05, 4.69) is 21.2 Å². The SMILES string of the molecule is CCc1nsc(N2CCCN(C(=O)C(C)CN)CC2)n1. The highest BCUT2D eigenvalue weighted by atomic mass is 32.1. The average molecular weight is 297 g/mol. The van der Waals surface area contributed by atoms with Crippen molar-refractivity contribution in [2.75, 3.05) is 37.6 Å². The Balaban J connectivity index is 1.96. The zero-order valence-corrected chi connectivity index (χ0v) is 13.0. The summed E-state index contributed by atoms with van der Waals surface area (Å²) in [4.78, 5) is 20.9. The van der Waals surface area contributed by atoms with Crippen molar-refractivity contribution >= 4 is 22.6 Å². The largest absolute Gasteiger partial charge is 0.345 e. The first-order valence-electron chi connectivity index (χ1n) is 7.22. The molecule has 7 heteroatoms. The number of rotatable bonds is 4. The number of carbonyl (C=O) groups excluding carboxylic acids is 1. The Morgan fingerprint density at radius 2 is 2.20 bits per heavy atom. The summed E-state index contributed by atoms with van der Waals surface area (Å²) >= 11 is 1.45. The Labute approximate surface area is 124 Å². The van der Waals surface area contributed by atoms with Gasteiger partial charge in [0.2, 0.25) is 11.0 Å². The second-order valence-electron chi connectivity index (χ2n) is 5.15. The summed E-state index contributed by atoms with van der Waals surface area (Å²) in [5.41, 5.74) is 5.58.